The summed E-state index contributed by atoms with van der Waals surface area (Å²) in [5, 5.41) is 0. The third kappa shape index (κ3) is 1.39. The van der Waals surface area contributed by atoms with Gasteiger partial charge in [-0.25, -0.2) is 0 Å². The average Bonchev–Trinajstić information content (AvgIpc) is 2.89. The molecule has 0 N–H and O–H groups in total. The molecule has 4 rings (SSSR count). The summed E-state index contributed by atoms with van der Waals surface area (Å²) in [4.78, 5) is 23.0. The van der Waals surface area contributed by atoms with E-state index < -0.39 is 0 Å². The number of carbonyl (C=O) groups excluding carboxylic acids is 2. The second-order valence-electron chi connectivity index (χ2n) is 5.53. The van der Waals surface area contributed by atoms with Crippen LogP contribution in [-0.4, -0.2) is 37.0 Å². The molecule has 94 valence electrons. The molecule has 0 spiro atoms. The summed E-state index contributed by atoms with van der Waals surface area (Å²) in [6.07, 6.45) is 4.24. The Labute approximate surface area is 105 Å². The fourth-order valence-corrected chi connectivity index (χ4v) is 3.54. The van der Waals surface area contributed by atoms with Crippen LogP contribution in [0.2, 0.25) is 0 Å². The van der Waals surface area contributed by atoms with Crippen LogP contribution in [-0.2, 0) is 19.1 Å². The first kappa shape index (κ1) is 10.6. The number of carbonyl (C=O) groups is 2. The van der Waals surface area contributed by atoms with Crippen LogP contribution >= 0.6 is 0 Å². The van der Waals surface area contributed by atoms with Crippen LogP contribution in [0.5, 0.6) is 0 Å². The molecule has 0 aromatic carbocycles. The van der Waals surface area contributed by atoms with Gasteiger partial charge in [-0.1, -0.05) is 0 Å². The van der Waals surface area contributed by atoms with Gasteiger partial charge in [-0.3, -0.25) is 9.59 Å². The molecular weight excluding hydrogens is 232 g/mol. The third-order valence-corrected chi connectivity index (χ3v) is 4.38. The minimum absolute atomic E-state index is 0.149. The largest absolute Gasteiger partial charge is 0.370 e. The van der Waals surface area contributed by atoms with Crippen molar-refractivity contribution in [2.24, 2.45) is 11.8 Å². The molecule has 2 fully saturated rings. The van der Waals surface area contributed by atoms with Gasteiger partial charge in [-0.15, -0.1) is 0 Å². The lowest BCUT2D eigenvalue weighted by atomic mass is 9.83. The minimum Gasteiger partial charge on any atom is -0.370 e. The van der Waals surface area contributed by atoms with Crippen molar-refractivity contribution in [3.63, 3.8) is 0 Å². The van der Waals surface area contributed by atoms with E-state index in [-0.39, 0.29) is 35.6 Å². The van der Waals surface area contributed by atoms with Crippen LogP contribution in [0.3, 0.4) is 0 Å². The quantitative estimate of drug-likeness (QED) is 0.635. The molecule has 0 bridgehead atoms. The molecule has 4 atom stereocenters. The van der Waals surface area contributed by atoms with Gasteiger partial charge < -0.3 is 9.47 Å². The Hall–Kier alpha value is -1.26. The van der Waals surface area contributed by atoms with Crippen molar-refractivity contribution in [1.29, 1.82) is 0 Å². The zero-order valence-corrected chi connectivity index (χ0v) is 9.93. The molecule has 2 aliphatic carbocycles. The number of allylic oxidation sites excluding steroid dienone is 2. The van der Waals surface area contributed by atoms with Crippen LogP contribution in [0.15, 0.2) is 23.3 Å². The average molecular weight is 246 g/mol. The van der Waals surface area contributed by atoms with E-state index >= 15 is 0 Å². The van der Waals surface area contributed by atoms with Crippen LogP contribution in [0.1, 0.15) is 12.8 Å². The SMILES string of the molecule is O=C1C=C2C(CO[C@@H]3C4=CC(=O)CC4CO[C@H]23)C1. The molecule has 0 saturated carbocycles. The molecule has 0 aromatic rings. The van der Waals surface area contributed by atoms with Gasteiger partial charge in [0.1, 0.15) is 12.2 Å². The Morgan fingerprint density at radius 1 is 0.833 bits per heavy atom. The molecule has 2 unspecified atom stereocenters. The van der Waals surface area contributed by atoms with E-state index in [1.165, 1.54) is 0 Å². The van der Waals surface area contributed by atoms with E-state index in [1.807, 2.05) is 0 Å². The van der Waals surface area contributed by atoms with E-state index in [4.69, 9.17) is 9.47 Å². The lowest BCUT2D eigenvalue weighted by molar-refractivity contribution is -0.120. The normalized spacial score (nSPS) is 42.0. The Kier molecular flexibility index (Phi) is 2.14. The highest BCUT2D eigenvalue weighted by Gasteiger charge is 2.47. The fraction of sp³-hybridized carbons (Fsp3) is 0.571. The molecule has 0 amide bonds. The number of fused-ring (bicyclic) bond motifs is 5. The van der Waals surface area contributed by atoms with Gasteiger partial charge in [0.25, 0.3) is 0 Å². The lowest BCUT2D eigenvalue weighted by Gasteiger charge is -2.42. The fourth-order valence-electron chi connectivity index (χ4n) is 3.54. The number of rotatable bonds is 0. The van der Waals surface area contributed by atoms with Gasteiger partial charge in [0.2, 0.25) is 0 Å². The molecule has 2 saturated heterocycles. The van der Waals surface area contributed by atoms with Crippen LogP contribution in [0.25, 0.3) is 0 Å². The number of ketones is 2. The van der Waals surface area contributed by atoms with Gasteiger partial charge in [-0.05, 0) is 23.3 Å². The van der Waals surface area contributed by atoms with Crippen LogP contribution in [0.4, 0.5) is 0 Å². The molecule has 2 heterocycles. The van der Waals surface area contributed by atoms with E-state index in [0.29, 0.717) is 26.1 Å². The maximum atomic E-state index is 11.5. The first-order chi connectivity index (χ1) is 8.72. The lowest BCUT2D eigenvalue weighted by Crippen LogP contribution is -2.47. The Balaban J connectivity index is 1.70. The molecule has 18 heavy (non-hydrogen) atoms. The monoisotopic (exact) mass is 246 g/mol. The Bertz CT molecular complexity index is 456. The summed E-state index contributed by atoms with van der Waals surface area (Å²) in [7, 11) is 0. The van der Waals surface area contributed by atoms with Crippen molar-refractivity contribution in [2.75, 3.05) is 13.2 Å². The van der Waals surface area contributed by atoms with E-state index in [1.54, 1.807) is 12.2 Å². The van der Waals surface area contributed by atoms with Crippen molar-refractivity contribution in [3.05, 3.63) is 23.3 Å². The summed E-state index contributed by atoms with van der Waals surface area (Å²) in [5.41, 5.74) is 2.16. The van der Waals surface area contributed by atoms with Gasteiger partial charge in [-0.2, -0.15) is 0 Å². The first-order valence-corrected chi connectivity index (χ1v) is 6.44. The summed E-state index contributed by atoms with van der Waals surface area (Å²) < 4.78 is 11.7. The molecule has 2 aliphatic heterocycles. The Morgan fingerprint density at radius 3 is 1.72 bits per heavy atom. The molecule has 0 radical (unpaired) electrons. The van der Waals surface area contributed by atoms with Crippen molar-refractivity contribution in [1.82, 2.24) is 0 Å². The van der Waals surface area contributed by atoms with Gasteiger partial charge in [0.15, 0.2) is 11.6 Å². The number of ether oxygens (including phenoxy) is 2. The second kappa shape index (κ2) is 3.62. The Morgan fingerprint density at radius 2 is 1.28 bits per heavy atom. The van der Waals surface area contributed by atoms with Crippen molar-refractivity contribution in [3.8, 4) is 0 Å². The van der Waals surface area contributed by atoms with E-state index in [9.17, 15) is 9.59 Å². The highest BCUT2D eigenvalue weighted by Crippen LogP contribution is 2.43. The zero-order valence-electron chi connectivity index (χ0n) is 9.93. The minimum atomic E-state index is -0.149. The summed E-state index contributed by atoms with van der Waals surface area (Å²) in [5.74, 6) is 0.712. The van der Waals surface area contributed by atoms with Crippen molar-refractivity contribution in [2.45, 2.75) is 25.0 Å². The zero-order chi connectivity index (χ0) is 12.3. The van der Waals surface area contributed by atoms with Gasteiger partial charge in [0, 0.05) is 24.7 Å². The predicted molar refractivity (Wildman–Crippen MR) is 61.9 cm³/mol. The smallest absolute Gasteiger partial charge is 0.156 e. The number of hydrogen-bond acceptors (Lipinski definition) is 4. The van der Waals surface area contributed by atoms with E-state index in [0.717, 1.165) is 11.1 Å². The maximum Gasteiger partial charge on any atom is 0.156 e. The third-order valence-electron chi connectivity index (χ3n) is 4.38. The van der Waals surface area contributed by atoms with Gasteiger partial charge >= 0.3 is 0 Å². The van der Waals surface area contributed by atoms with E-state index in [2.05, 4.69) is 0 Å². The molecular formula is C14H14O4. The number of hydrogen-bond donors (Lipinski definition) is 0. The molecule has 4 nitrogen and oxygen atoms in total. The topological polar surface area (TPSA) is 52.6 Å². The van der Waals surface area contributed by atoms with Crippen molar-refractivity contribution >= 4 is 11.6 Å². The van der Waals surface area contributed by atoms with Gasteiger partial charge in [0.05, 0.1) is 13.2 Å². The van der Waals surface area contributed by atoms with Crippen LogP contribution < -0.4 is 0 Å². The standard InChI is InChI=1S/C14H14O4/c15-9-1-7-5-17-14-12-4-10(16)2-8(12)6-18-13(14)11(7)3-9/h3-4,7-8,13-14H,1-2,5-6H2/t7?,8?,13-,14-/m1/s1. The summed E-state index contributed by atoms with van der Waals surface area (Å²) in [6, 6.07) is 0. The summed E-state index contributed by atoms with van der Waals surface area (Å²) >= 11 is 0. The summed E-state index contributed by atoms with van der Waals surface area (Å²) in [6.45, 7) is 1.14. The second-order valence-corrected chi connectivity index (χ2v) is 5.53. The predicted octanol–water partition coefficient (Wildman–Crippen LogP) is 0.815. The molecule has 4 heteroatoms. The first-order valence-electron chi connectivity index (χ1n) is 6.44. The maximum absolute atomic E-state index is 11.5. The highest BCUT2D eigenvalue weighted by molar-refractivity contribution is 5.95. The van der Waals surface area contributed by atoms with Crippen molar-refractivity contribution < 1.29 is 19.1 Å². The molecule has 0 aromatic heterocycles. The highest BCUT2D eigenvalue weighted by atomic mass is 16.5. The van der Waals surface area contributed by atoms with Crippen LogP contribution in [0, 0.1) is 11.8 Å². The molecule has 4 aliphatic rings.